The molecule has 0 bridgehead atoms. The number of halogens is 2. The topological polar surface area (TPSA) is 27.1 Å². The van der Waals surface area contributed by atoms with Crippen LogP contribution in [0.25, 0.3) is 11.0 Å². The second kappa shape index (κ2) is 5.11. The highest BCUT2D eigenvalue weighted by Crippen LogP contribution is 2.49. The van der Waals surface area contributed by atoms with Crippen molar-refractivity contribution in [3.8, 4) is 5.75 Å². The van der Waals surface area contributed by atoms with Crippen molar-refractivity contribution in [2.75, 3.05) is 13.4 Å². The van der Waals surface area contributed by atoms with Gasteiger partial charge in [0.05, 0.1) is 24.0 Å². The molecule has 1 aromatic carbocycles. The highest BCUT2D eigenvalue weighted by Gasteiger charge is 2.42. The lowest BCUT2D eigenvalue weighted by Crippen LogP contribution is -2.15. The Balaban J connectivity index is 2.12. The fourth-order valence-corrected chi connectivity index (χ4v) is 3.44. The summed E-state index contributed by atoms with van der Waals surface area (Å²) in [6.07, 6.45) is 4.54. The van der Waals surface area contributed by atoms with Gasteiger partial charge in [-0.1, -0.05) is 0 Å². The molecule has 1 fully saturated rings. The van der Waals surface area contributed by atoms with Crippen LogP contribution in [-0.4, -0.2) is 27.7 Å². The van der Waals surface area contributed by atoms with E-state index in [-0.39, 0.29) is 10.5 Å². The molecule has 1 aromatic heterocycles. The first-order chi connectivity index (χ1) is 9.62. The number of methoxy groups -OCH3 is 1. The molecule has 0 N–H and O–H groups in total. The first-order valence-electron chi connectivity index (χ1n) is 6.46. The van der Waals surface area contributed by atoms with E-state index in [9.17, 15) is 4.39 Å². The Labute approximate surface area is 126 Å². The van der Waals surface area contributed by atoms with Crippen molar-refractivity contribution in [1.29, 1.82) is 0 Å². The molecule has 2 aromatic rings. The zero-order chi connectivity index (χ0) is 14.3. The Bertz CT molecular complexity index is 654. The van der Waals surface area contributed by atoms with E-state index in [4.69, 9.17) is 16.3 Å². The number of fused-ring (bicyclic) bond motifs is 1. The highest BCUT2D eigenvalue weighted by molar-refractivity contribution is 8.00. The molecule has 0 aliphatic heterocycles. The molecular weight excluding hydrogens is 299 g/mol. The molecule has 0 amide bonds. The van der Waals surface area contributed by atoms with Crippen LogP contribution < -0.4 is 4.74 Å². The molecule has 108 valence electrons. The number of aromatic nitrogens is 2. The fourth-order valence-electron chi connectivity index (χ4n) is 2.47. The van der Waals surface area contributed by atoms with Crippen molar-refractivity contribution in [2.45, 2.75) is 30.0 Å². The zero-order valence-corrected chi connectivity index (χ0v) is 13.0. The number of hydrogen-bond donors (Lipinski definition) is 0. The lowest BCUT2D eigenvalue weighted by Gasteiger charge is -2.15. The van der Waals surface area contributed by atoms with Gasteiger partial charge in [-0.3, -0.25) is 0 Å². The Kier molecular flexibility index (Phi) is 3.58. The van der Waals surface area contributed by atoms with Gasteiger partial charge in [0, 0.05) is 23.4 Å². The number of imidazole rings is 1. The van der Waals surface area contributed by atoms with Gasteiger partial charge in [-0.2, -0.15) is 11.8 Å². The zero-order valence-electron chi connectivity index (χ0n) is 11.4. The summed E-state index contributed by atoms with van der Waals surface area (Å²) >= 11 is 7.87. The summed E-state index contributed by atoms with van der Waals surface area (Å²) in [5.74, 6) is 0.962. The van der Waals surface area contributed by atoms with Crippen LogP contribution in [0, 0.1) is 5.82 Å². The summed E-state index contributed by atoms with van der Waals surface area (Å²) in [6.45, 7) is 0.863. The van der Waals surface area contributed by atoms with Crippen molar-refractivity contribution in [3.63, 3.8) is 0 Å². The quantitative estimate of drug-likeness (QED) is 0.785. The van der Waals surface area contributed by atoms with E-state index in [2.05, 4.69) is 15.8 Å². The summed E-state index contributed by atoms with van der Waals surface area (Å²) in [6, 6.07) is 3.13. The monoisotopic (exact) mass is 314 g/mol. The minimum Gasteiger partial charge on any atom is -0.494 e. The van der Waals surface area contributed by atoms with Gasteiger partial charge in [-0.15, -0.1) is 11.6 Å². The van der Waals surface area contributed by atoms with Crippen LogP contribution in [-0.2, 0) is 12.4 Å². The molecule has 0 radical (unpaired) electrons. The van der Waals surface area contributed by atoms with Crippen LogP contribution in [0.5, 0.6) is 5.75 Å². The number of thioether (sulfide) groups is 1. The van der Waals surface area contributed by atoms with E-state index in [0.717, 1.165) is 17.9 Å². The lowest BCUT2D eigenvalue weighted by molar-refractivity contribution is 0.387. The maximum Gasteiger partial charge on any atom is 0.167 e. The standard InChI is InChI=1S/C14H16ClFN2OS/c1-19-12-6-11-10(5-9(12)16)17-13(7-15)18(11)8-14(20-2)3-4-14/h5-6H,3-4,7-8H2,1-2H3. The summed E-state index contributed by atoms with van der Waals surface area (Å²) in [7, 11) is 1.47. The molecule has 1 saturated carbocycles. The van der Waals surface area contributed by atoms with Gasteiger partial charge in [0.25, 0.3) is 0 Å². The molecule has 20 heavy (non-hydrogen) atoms. The molecule has 0 saturated heterocycles. The van der Waals surface area contributed by atoms with Crippen molar-refractivity contribution >= 4 is 34.4 Å². The second-order valence-electron chi connectivity index (χ2n) is 5.11. The van der Waals surface area contributed by atoms with Gasteiger partial charge >= 0.3 is 0 Å². The minimum atomic E-state index is -0.392. The molecule has 3 nitrogen and oxygen atoms in total. The van der Waals surface area contributed by atoms with Crippen LogP contribution in [0.2, 0.25) is 0 Å². The highest BCUT2D eigenvalue weighted by atomic mass is 35.5. The van der Waals surface area contributed by atoms with Crippen molar-refractivity contribution in [1.82, 2.24) is 9.55 Å². The SMILES string of the molecule is COc1cc2c(cc1F)nc(CCl)n2CC1(SC)CC1. The Hall–Kier alpha value is -0.940. The molecule has 0 atom stereocenters. The van der Waals surface area contributed by atoms with Gasteiger partial charge in [-0.25, -0.2) is 9.37 Å². The lowest BCUT2D eigenvalue weighted by atomic mass is 10.2. The molecule has 0 spiro atoms. The Morgan fingerprint density at radius 2 is 2.25 bits per heavy atom. The number of hydrogen-bond acceptors (Lipinski definition) is 3. The van der Waals surface area contributed by atoms with Gasteiger partial charge in [-0.05, 0) is 19.1 Å². The summed E-state index contributed by atoms with van der Waals surface area (Å²) in [4.78, 5) is 4.44. The molecule has 6 heteroatoms. The first kappa shape index (κ1) is 14.0. The minimum absolute atomic E-state index is 0.244. The number of ether oxygens (including phenoxy) is 1. The fraction of sp³-hybridized carbons (Fsp3) is 0.500. The van der Waals surface area contributed by atoms with Crippen LogP contribution >= 0.6 is 23.4 Å². The van der Waals surface area contributed by atoms with E-state index in [1.807, 2.05) is 11.8 Å². The van der Waals surface area contributed by atoms with Gasteiger partial charge in [0.15, 0.2) is 11.6 Å². The number of rotatable bonds is 5. The van der Waals surface area contributed by atoms with E-state index in [1.54, 1.807) is 6.07 Å². The molecule has 1 aliphatic rings. The predicted octanol–water partition coefficient (Wildman–Crippen LogP) is 3.82. The van der Waals surface area contributed by atoms with Crippen LogP contribution in [0.15, 0.2) is 12.1 Å². The van der Waals surface area contributed by atoms with E-state index in [1.165, 1.54) is 26.0 Å². The third-order valence-electron chi connectivity index (χ3n) is 3.91. The normalized spacial score (nSPS) is 16.6. The van der Waals surface area contributed by atoms with Crippen molar-refractivity contribution in [2.24, 2.45) is 0 Å². The third-order valence-corrected chi connectivity index (χ3v) is 5.55. The molecule has 0 unspecified atom stereocenters. The van der Waals surface area contributed by atoms with Crippen molar-refractivity contribution in [3.05, 3.63) is 23.8 Å². The number of nitrogens with zero attached hydrogens (tertiary/aromatic N) is 2. The maximum atomic E-state index is 13.8. The van der Waals surface area contributed by atoms with Crippen LogP contribution in [0.1, 0.15) is 18.7 Å². The average Bonchev–Trinajstić information content (AvgIpc) is 3.16. The van der Waals surface area contributed by atoms with E-state index in [0.29, 0.717) is 11.4 Å². The molecule has 3 rings (SSSR count). The second-order valence-corrected chi connectivity index (χ2v) is 6.65. The smallest absolute Gasteiger partial charge is 0.167 e. The summed E-state index contributed by atoms with van der Waals surface area (Å²) < 4.78 is 21.2. The number of benzene rings is 1. The number of alkyl halides is 1. The third kappa shape index (κ3) is 2.27. The maximum absolute atomic E-state index is 13.8. The van der Waals surface area contributed by atoms with Gasteiger partial charge in [0.1, 0.15) is 5.82 Å². The summed E-state index contributed by atoms with van der Waals surface area (Å²) in [5.41, 5.74) is 1.52. The van der Waals surface area contributed by atoms with Gasteiger partial charge in [0.2, 0.25) is 0 Å². The van der Waals surface area contributed by atoms with Crippen molar-refractivity contribution < 1.29 is 9.13 Å². The van der Waals surface area contributed by atoms with Gasteiger partial charge < -0.3 is 9.30 Å². The van der Waals surface area contributed by atoms with Crippen LogP contribution in [0.4, 0.5) is 4.39 Å². The average molecular weight is 315 g/mol. The summed E-state index contributed by atoms with van der Waals surface area (Å²) in [5, 5.41) is 0. The Morgan fingerprint density at radius 3 is 2.80 bits per heavy atom. The van der Waals surface area contributed by atoms with E-state index >= 15 is 0 Å². The first-order valence-corrected chi connectivity index (χ1v) is 8.22. The predicted molar refractivity (Wildman–Crippen MR) is 81.3 cm³/mol. The molecule has 1 heterocycles. The molecular formula is C14H16ClFN2OS. The largest absolute Gasteiger partial charge is 0.494 e. The Morgan fingerprint density at radius 1 is 1.50 bits per heavy atom. The van der Waals surface area contributed by atoms with E-state index < -0.39 is 5.82 Å². The van der Waals surface area contributed by atoms with Crippen LogP contribution in [0.3, 0.4) is 0 Å². The molecule has 1 aliphatic carbocycles.